The lowest BCUT2D eigenvalue weighted by atomic mass is 9.99. The van der Waals surface area contributed by atoms with Crippen molar-refractivity contribution in [3.8, 4) is 10.6 Å². The van der Waals surface area contributed by atoms with Crippen LogP contribution in [0.1, 0.15) is 29.9 Å². The summed E-state index contributed by atoms with van der Waals surface area (Å²) in [6.07, 6.45) is 0. The number of carbonyl (C=O) groups excluding carboxylic acids is 1. The van der Waals surface area contributed by atoms with Gasteiger partial charge in [-0.2, -0.15) is 0 Å². The molecule has 7 heteroatoms. The lowest BCUT2D eigenvalue weighted by Gasteiger charge is -2.36. The van der Waals surface area contributed by atoms with Gasteiger partial charge in [0.15, 0.2) is 0 Å². The number of amides is 1. The quantitative estimate of drug-likeness (QED) is 0.857. The summed E-state index contributed by atoms with van der Waals surface area (Å²) in [5.74, 6) is -0.644. The minimum absolute atomic E-state index is 0.0749. The molecule has 0 saturated carbocycles. The smallest absolute Gasteiger partial charge is 0.335 e. The van der Waals surface area contributed by atoms with Crippen molar-refractivity contribution in [2.45, 2.75) is 26.4 Å². The van der Waals surface area contributed by atoms with Gasteiger partial charge in [0.2, 0.25) is 5.91 Å². The molecule has 1 atom stereocenters. The molecule has 1 saturated heterocycles. The summed E-state index contributed by atoms with van der Waals surface area (Å²) in [4.78, 5) is 30.1. The number of carboxylic acid groups (broad SMARTS) is 1. The monoisotopic (exact) mass is 359 g/mol. The van der Waals surface area contributed by atoms with E-state index in [2.05, 4.69) is 15.2 Å². The molecular formula is C18H21N3O3S. The lowest BCUT2D eigenvalue weighted by Crippen LogP contribution is -2.56. The number of aromatic nitrogens is 1. The van der Waals surface area contributed by atoms with E-state index >= 15 is 0 Å². The minimum atomic E-state index is -0.947. The van der Waals surface area contributed by atoms with E-state index in [0.29, 0.717) is 13.1 Å². The Hall–Kier alpha value is -2.25. The van der Waals surface area contributed by atoms with Crippen LogP contribution in [0.25, 0.3) is 10.6 Å². The molecule has 0 spiro atoms. The molecule has 1 fully saturated rings. The molecule has 0 radical (unpaired) electrons. The van der Waals surface area contributed by atoms with E-state index < -0.39 is 5.97 Å². The van der Waals surface area contributed by atoms with E-state index in [1.165, 1.54) is 11.3 Å². The van der Waals surface area contributed by atoms with Crippen molar-refractivity contribution in [2.24, 2.45) is 5.92 Å². The molecule has 2 heterocycles. The van der Waals surface area contributed by atoms with Crippen LogP contribution >= 0.6 is 11.3 Å². The molecule has 2 aromatic rings. The molecule has 6 nitrogen and oxygen atoms in total. The first-order valence-electron chi connectivity index (χ1n) is 8.25. The summed E-state index contributed by atoms with van der Waals surface area (Å²) in [5, 5.41) is 14.8. The molecule has 25 heavy (non-hydrogen) atoms. The van der Waals surface area contributed by atoms with Gasteiger partial charge in [0.1, 0.15) is 5.01 Å². The highest BCUT2D eigenvalue weighted by Gasteiger charge is 2.32. The van der Waals surface area contributed by atoms with E-state index in [4.69, 9.17) is 5.11 Å². The first-order chi connectivity index (χ1) is 12.0. The molecule has 1 aliphatic heterocycles. The second-order valence-corrected chi connectivity index (χ2v) is 7.34. The Morgan fingerprint density at radius 3 is 3.00 bits per heavy atom. The molecule has 1 aliphatic rings. The van der Waals surface area contributed by atoms with Crippen molar-refractivity contribution in [2.75, 3.05) is 13.1 Å². The normalized spacial score (nSPS) is 18.4. The third-order valence-corrected chi connectivity index (χ3v) is 5.21. The van der Waals surface area contributed by atoms with Crippen LogP contribution < -0.4 is 5.32 Å². The molecule has 1 aromatic carbocycles. The topological polar surface area (TPSA) is 82.5 Å². The van der Waals surface area contributed by atoms with Gasteiger partial charge < -0.3 is 10.4 Å². The van der Waals surface area contributed by atoms with Crippen LogP contribution in [0.3, 0.4) is 0 Å². The van der Waals surface area contributed by atoms with Crippen LogP contribution in [0.4, 0.5) is 0 Å². The van der Waals surface area contributed by atoms with Crippen LogP contribution in [-0.2, 0) is 11.3 Å². The summed E-state index contributed by atoms with van der Waals surface area (Å²) in [6, 6.07) is 6.65. The average molecular weight is 359 g/mol. The maximum absolute atomic E-state index is 12.1. The Morgan fingerprint density at radius 1 is 1.48 bits per heavy atom. The number of nitrogens with one attached hydrogen (secondary N) is 1. The second kappa shape index (κ2) is 7.33. The molecule has 1 aromatic heterocycles. The van der Waals surface area contributed by atoms with Crippen LogP contribution in [0.15, 0.2) is 29.6 Å². The van der Waals surface area contributed by atoms with Gasteiger partial charge in [-0.05, 0) is 18.1 Å². The SMILES string of the molecule is CC(C)C1C(=O)NCCN1Cc1csc(-c2cccc(C(=O)O)c2)n1. The fourth-order valence-electron chi connectivity index (χ4n) is 3.14. The molecule has 0 aliphatic carbocycles. The predicted molar refractivity (Wildman–Crippen MR) is 96.6 cm³/mol. The molecule has 1 amide bonds. The summed E-state index contributed by atoms with van der Waals surface area (Å²) < 4.78 is 0. The number of aromatic carboxylic acids is 1. The number of nitrogens with zero attached hydrogens (tertiary/aromatic N) is 2. The third-order valence-electron chi connectivity index (χ3n) is 4.27. The summed E-state index contributed by atoms with van der Waals surface area (Å²) in [5.41, 5.74) is 1.95. The van der Waals surface area contributed by atoms with Crippen molar-refractivity contribution in [3.63, 3.8) is 0 Å². The fraction of sp³-hybridized carbons (Fsp3) is 0.389. The molecule has 3 rings (SSSR count). The van der Waals surface area contributed by atoms with Crippen LogP contribution in [-0.4, -0.2) is 46.0 Å². The number of rotatable bonds is 5. The van der Waals surface area contributed by atoms with Gasteiger partial charge in [-0.1, -0.05) is 26.0 Å². The third kappa shape index (κ3) is 3.88. The predicted octanol–water partition coefficient (Wildman–Crippen LogP) is 2.46. The highest BCUT2D eigenvalue weighted by Crippen LogP contribution is 2.26. The fourth-order valence-corrected chi connectivity index (χ4v) is 3.95. The Bertz CT molecular complexity index is 787. The van der Waals surface area contributed by atoms with Gasteiger partial charge in [0.25, 0.3) is 0 Å². The second-order valence-electron chi connectivity index (χ2n) is 6.48. The van der Waals surface area contributed by atoms with E-state index in [-0.39, 0.29) is 23.4 Å². The molecule has 2 N–H and O–H groups in total. The van der Waals surface area contributed by atoms with Crippen molar-refractivity contribution < 1.29 is 14.7 Å². The van der Waals surface area contributed by atoms with Gasteiger partial charge in [0, 0.05) is 30.6 Å². The molecular weight excluding hydrogens is 338 g/mol. The van der Waals surface area contributed by atoms with Crippen molar-refractivity contribution in [3.05, 3.63) is 40.9 Å². The average Bonchev–Trinajstić information content (AvgIpc) is 3.03. The van der Waals surface area contributed by atoms with Gasteiger partial charge in [-0.3, -0.25) is 9.69 Å². The van der Waals surface area contributed by atoms with Crippen LogP contribution in [0.2, 0.25) is 0 Å². The number of benzene rings is 1. The van der Waals surface area contributed by atoms with Gasteiger partial charge in [-0.15, -0.1) is 11.3 Å². The number of hydrogen-bond acceptors (Lipinski definition) is 5. The van der Waals surface area contributed by atoms with Crippen molar-refractivity contribution >= 4 is 23.2 Å². The van der Waals surface area contributed by atoms with Crippen LogP contribution in [0.5, 0.6) is 0 Å². The van der Waals surface area contributed by atoms with Crippen LogP contribution in [0, 0.1) is 5.92 Å². The zero-order chi connectivity index (χ0) is 18.0. The maximum Gasteiger partial charge on any atom is 0.335 e. The first kappa shape index (κ1) is 17.6. The Kier molecular flexibility index (Phi) is 5.15. The molecule has 0 bridgehead atoms. The van der Waals surface area contributed by atoms with Gasteiger partial charge in [0.05, 0.1) is 17.3 Å². The van der Waals surface area contributed by atoms with Crippen molar-refractivity contribution in [1.82, 2.24) is 15.2 Å². The molecule has 132 valence electrons. The summed E-state index contributed by atoms with van der Waals surface area (Å²) in [6.45, 7) is 6.17. The largest absolute Gasteiger partial charge is 0.478 e. The first-order valence-corrected chi connectivity index (χ1v) is 9.13. The van der Waals surface area contributed by atoms with E-state index in [9.17, 15) is 9.59 Å². The highest BCUT2D eigenvalue weighted by atomic mass is 32.1. The lowest BCUT2D eigenvalue weighted by molar-refractivity contribution is -0.131. The van der Waals surface area contributed by atoms with Gasteiger partial charge >= 0.3 is 5.97 Å². The summed E-state index contributed by atoms with van der Waals surface area (Å²) in [7, 11) is 0. The maximum atomic E-state index is 12.1. The minimum Gasteiger partial charge on any atom is -0.478 e. The number of carbonyl (C=O) groups is 2. The number of thiazole rings is 1. The zero-order valence-corrected chi connectivity index (χ0v) is 15.0. The Labute approximate surface area is 150 Å². The Morgan fingerprint density at radius 2 is 2.28 bits per heavy atom. The number of hydrogen-bond donors (Lipinski definition) is 2. The van der Waals surface area contributed by atoms with E-state index in [1.807, 2.05) is 25.3 Å². The number of piperazine rings is 1. The Balaban J connectivity index is 1.78. The molecule has 1 unspecified atom stereocenters. The number of carboxylic acids is 1. The van der Waals surface area contributed by atoms with Crippen molar-refractivity contribution in [1.29, 1.82) is 0 Å². The van der Waals surface area contributed by atoms with E-state index in [1.54, 1.807) is 18.2 Å². The highest BCUT2D eigenvalue weighted by molar-refractivity contribution is 7.13. The van der Waals surface area contributed by atoms with E-state index in [0.717, 1.165) is 22.8 Å². The zero-order valence-electron chi connectivity index (χ0n) is 14.2. The standard InChI is InChI=1S/C18H21N3O3S/c1-11(2)15-16(22)19-6-7-21(15)9-14-10-25-17(20-14)12-4-3-5-13(8-12)18(23)24/h3-5,8,10-11,15H,6-7,9H2,1-2H3,(H,19,22)(H,23,24). The van der Waals surface area contributed by atoms with Gasteiger partial charge in [-0.25, -0.2) is 9.78 Å². The summed E-state index contributed by atoms with van der Waals surface area (Å²) >= 11 is 1.49.